The van der Waals surface area contributed by atoms with Gasteiger partial charge >= 0.3 is 0 Å². The zero-order chi connectivity index (χ0) is 13.7. The van der Waals surface area contributed by atoms with Crippen LogP contribution in [0.4, 0.5) is 0 Å². The maximum absolute atomic E-state index is 9.29. The number of methoxy groups -OCH3 is 1. The van der Waals surface area contributed by atoms with Crippen molar-refractivity contribution in [3.8, 4) is 11.8 Å². The summed E-state index contributed by atoms with van der Waals surface area (Å²) in [5.74, 6) is 0.993. The molecule has 1 aliphatic rings. The number of benzene rings is 1. The van der Waals surface area contributed by atoms with Crippen molar-refractivity contribution in [1.82, 2.24) is 5.32 Å². The Hall–Kier alpha value is -1.57. The fraction of sp³-hybridized carbons (Fsp3) is 0.533. The van der Waals surface area contributed by atoms with Gasteiger partial charge in [-0.05, 0) is 36.5 Å². The fourth-order valence-electron chi connectivity index (χ4n) is 2.71. The van der Waals surface area contributed by atoms with Gasteiger partial charge in [-0.25, -0.2) is 0 Å². The van der Waals surface area contributed by atoms with Crippen LogP contribution in [0.2, 0.25) is 0 Å². The molecule has 1 fully saturated rings. The van der Waals surface area contributed by atoms with Crippen molar-refractivity contribution in [3.05, 3.63) is 29.3 Å². The normalized spacial score (nSPS) is 22.2. The van der Waals surface area contributed by atoms with Crippen LogP contribution < -0.4 is 10.1 Å². The van der Waals surface area contributed by atoms with Crippen LogP contribution in [0.1, 0.15) is 30.4 Å². The Morgan fingerprint density at radius 3 is 3.00 bits per heavy atom. The summed E-state index contributed by atoms with van der Waals surface area (Å²) in [5.41, 5.74) is 1.65. The molecule has 0 aliphatic heterocycles. The second-order valence-electron chi connectivity index (χ2n) is 5.01. The average molecular weight is 260 g/mol. The van der Waals surface area contributed by atoms with Crippen LogP contribution in [0.5, 0.6) is 5.75 Å². The van der Waals surface area contributed by atoms with Gasteiger partial charge in [0.15, 0.2) is 0 Å². The molecule has 2 unspecified atom stereocenters. The molecule has 0 heterocycles. The lowest BCUT2D eigenvalue weighted by Gasteiger charge is -2.19. The van der Waals surface area contributed by atoms with Crippen molar-refractivity contribution in [2.45, 2.75) is 31.8 Å². The molecule has 1 aromatic rings. The van der Waals surface area contributed by atoms with Crippen LogP contribution in [0, 0.1) is 17.2 Å². The van der Waals surface area contributed by atoms with Gasteiger partial charge in [0.2, 0.25) is 0 Å². The highest BCUT2D eigenvalue weighted by Gasteiger charge is 2.25. The number of hydrogen-bond donors (Lipinski definition) is 2. The monoisotopic (exact) mass is 260 g/mol. The van der Waals surface area contributed by atoms with Gasteiger partial charge in [0.25, 0.3) is 0 Å². The molecule has 1 aliphatic carbocycles. The van der Waals surface area contributed by atoms with Gasteiger partial charge in [-0.2, -0.15) is 5.26 Å². The van der Waals surface area contributed by atoms with Crippen LogP contribution in [-0.4, -0.2) is 24.9 Å². The predicted octanol–water partition coefficient (Wildman–Crippen LogP) is 1.82. The summed E-state index contributed by atoms with van der Waals surface area (Å²) in [4.78, 5) is 0. The van der Waals surface area contributed by atoms with Crippen molar-refractivity contribution in [3.63, 3.8) is 0 Å². The van der Waals surface area contributed by atoms with E-state index in [-0.39, 0.29) is 6.61 Å². The molecule has 0 radical (unpaired) electrons. The number of rotatable bonds is 5. The van der Waals surface area contributed by atoms with E-state index in [9.17, 15) is 5.11 Å². The molecule has 2 rings (SSSR count). The first-order chi connectivity index (χ1) is 9.28. The standard InChI is InChI=1S/C15H20N2O2/c1-19-15-7-11(5-6-12(15)8-16)9-17-14-4-2-3-13(14)10-18/h5-7,13-14,17-18H,2-4,9-10H2,1H3. The molecule has 0 spiro atoms. The molecule has 0 amide bonds. The highest BCUT2D eigenvalue weighted by Crippen LogP contribution is 2.26. The molecular weight excluding hydrogens is 240 g/mol. The molecule has 1 saturated carbocycles. The SMILES string of the molecule is COc1cc(CNC2CCCC2CO)ccc1C#N. The van der Waals surface area contributed by atoms with Gasteiger partial charge in [-0.3, -0.25) is 0 Å². The smallest absolute Gasteiger partial charge is 0.136 e. The maximum Gasteiger partial charge on any atom is 0.136 e. The minimum absolute atomic E-state index is 0.258. The number of nitrogens with one attached hydrogen (secondary N) is 1. The van der Waals surface area contributed by atoms with Gasteiger partial charge in [0, 0.05) is 19.2 Å². The Balaban J connectivity index is 1.98. The summed E-state index contributed by atoms with van der Waals surface area (Å²) in [6, 6.07) is 8.13. The van der Waals surface area contributed by atoms with E-state index >= 15 is 0 Å². The van der Waals surface area contributed by atoms with Crippen molar-refractivity contribution < 1.29 is 9.84 Å². The first-order valence-electron chi connectivity index (χ1n) is 6.69. The van der Waals surface area contributed by atoms with Crippen LogP contribution in [-0.2, 0) is 6.54 Å². The van der Waals surface area contributed by atoms with E-state index in [1.807, 2.05) is 12.1 Å². The van der Waals surface area contributed by atoms with Gasteiger partial charge in [-0.15, -0.1) is 0 Å². The number of nitriles is 1. The topological polar surface area (TPSA) is 65.3 Å². The Kier molecular flexibility index (Phi) is 4.78. The third kappa shape index (κ3) is 3.25. The van der Waals surface area contributed by atoms with Crippen molar-refractivity contribution in [1.29, 1.82) is 5.26 Å². The molecule has 4 heteroatoms. The quantitative estimate of drug-likeness (QED) is 0.847. The predicted molar refractivity (Wildman–Crippen MR) is 72.8 cm³/mol. The third-order valence-corrected chi connectivity index (χ3v) is 3.85. The minimum atomic E-state index is 0.258. The van der Waals surface area contributed by atoms with Gasteiger partial charge in [-0.1, -0.05) is 12.5 Å². The van der Waals surface area contributed by atoms with E-state index in [2.05, 4.69) is 11.4 Å². The van der Waals surface area contributed by atoms with E-state index in [1.165, 1.54) is 6.42 Å². The van der Waals surface area contributed by atoms with Crippen molar-refractivity contribution in [2.24, 2.45) is 5.92 Å². The first kappa shape index (κ1) is 13.9. The van der Waals surface area contributed by atoms with Crippen LogP contribution in [0.15, 0.2) is 18.2 Å². The van der Waals surface area contributed by atoms with Crippen LogP contribution in [0.25, 0.3) is 0 Å². The molecule has 0 bridgehead atoms. The van der Waals surface area contributed by atoms with E-state index in [1.54, 1.807) is 13.2 Å². The summed E-state index contributed by atoms with van der Waals surface area (Å²) in [6.07, 6.45) is 3.41. The zero-order valence-electron chi connectivity index (χ0n) is 11.2. The molecule has 1 aromatic carbocycles. The Labute approximate surface area is 114 Å². The molecule has 4 nitrogen and oxygen atoms in total. The summed E-state index contributed by atoms with van der Waals surface area (Å²) in [6.45, 7) is 0.998. The highest BCUT2D eigenvalue weighted by molar-refractivity contribution is 5.45. The molecule has 2 N–H and O–H groups in total. The lowest BCUT2D eigenvalue weighted by atomic mass is 10.0. The Morgan fingerprint density at radius 2 is 2.32 bits per heavy atom. The Bertz CT molecular complexity index is 468. The summed E-state index contributed by atoms with van der Waals surface area (Å²) in [5, 5.41) is 21.7. The first-order valence-corrected chi connectivity index (χ1v) is 6.69. The van der Waals surface area contributed by atoms with Crippen molar-refractivity contribution >= 4 is 0 Å². The molecule has 0 aromatic heterocycles. The van der Waals surface area contributed by atoms with Gasteiger partial charge in [0.1, 0.15) is 11.8 Å². The number of aliphatic hydroxyl groups excluding tert-OH is 1. The molecule has 2 atom stereocenters. The van der Waals surface area contributed by atoms with E-state index in [4.69, 9.17) is 10.00 Å². The van der Waals surface area contributed by atoms with E-state index in [0.29, 0.717) is 23.3 Å². The van der Waals surface area contributed by atoms with Crippen molar-refractivity contribution in [2.75, 3.05) is 13.7 Å². The number of aliphatic hydroxyl groups is 1. The zero-order valence-corrected chi connectivity index (χ0v) is 11.2. The van der Waals surface area contributed by atoms with E-state index < -0.39 is 0 Å². The highest BCUT2D eigenvalue weighted by atomic mass is 16.5. The number of hydrogen-bond acceptors (Lipinski definition) is 4. The molecule has 102 valence electrons. The third-order valence-electron chi connectivity index (χ3n) is 3.85. The second-order valence-corrected chi connectivity index (χ2v) is 5.01. The summed E-state index contributed by atoms with van der Waals surface area (Å²) >= 11 is 0. The Morgan fingerprint density at radius 1 is 1.47 bits per heavy atom. The number of nitrogens with zero attached hydrogens (tertiary/aromatic N) is 1. The van der Waals surface area contributed by atoms with Gasteiger partial charge < -0.3 is 15.2 Å². The van der Waals surface area contributed by atoms with Gasteiger partial charge in [0.05, 0.1) is 12.7 Å². The summed E-state index contributed by atoms with van der Waals surface area (Å²) in [7, 11) is 1.58. The second kappa shape index (κ2) is 6.55. The summed E-state index contributed by atoms with van der Waals surface area (Å²) < 4.78 is 5.20. The number of ether oxygens (including phenoxy) is 1. The lowest BCUT2D eigenvalue weighted by Crippen LogP contribution is -2.33. The average Bonchev–Trinajstić information content (AvgIpc) is 2.92. The minimum Gasteiger partial charge on any atom is -0.495 e. The molecule has 0 saturated heterocycles. The fourth-order valence-corrected chi connectivity index (χ4v) is 2.71. The van der Waals surface area contributed by atoms with Crippen LogP contribution >= 0.6 is 0 Å². The van der Waals surface area contributed by atoms with Crippen LogP contribution in [0.3, 0.4) is 0 Å². The lowest BCUT2D eigenvalue weighted by molar-refractivity contribution is 0.205. The largest absolute Gasteiger partial charge is 0.495 e. The molecule has 19 heavy (non-hydrogen) atoms. The van der Waals surface area contributed by atoms with E-state index in [0.717, 1.165) is 24.9 Å². The maximum atomic E-state index is 9.29. The molecular formula is C15H20N2O2.